The minimum Gasteiger partial charge on any atom is -0.352 e. The van der Waals surface area contributed by atoms with Crippen molar-refractivity contribution in [2.24, 2.45) is 0 Å². The average Bonchev–Trinajstić information content (AvgIpc) is 3.12. The van der Waals surface area contributed by atoms with E-state index in [1.165, 1.54) is 0 Å². The number of rotatable bonds is 7. The van der Waals surface area contributed by atoms with E-state index in [0.29, 0.717) is 23.4 Å². The van der Waals surface area contributed by atoms with Gasteiger partial charge in [0.05, 0.1) is 10.7 Å². The van der Waals surface area contributed by atoms with Gasteiger partial charge in [-0.3, -0.25) is 9.59 Å². The van der Waals surface area contributed by atoms with Crippen LogP contribution in [0, 0.1) is 6.92 Å². The third-order valence-electron chi connectivity index (χ3n) is 3.89. The zero-order valence-electron chi connectivity index (χ0n) is 15.7. The van der Waals surface area contributed by atoms with Gasteiger partial charge < -0.3 is 10.6 Å². The number of thiazole rings is 1. The Bertz CT molecular complexity index is 968. The Hall–Kier alpha value is -2.64. The fourth-order valence-electron chi connectivity index (χ4n) is 2.54. The number of aromatic nitrogens is 1. The van der Waals surface area contributed by atoms with Crippen molar-refractivity contribution in [3.63, 3.8) is 0 Å². The molecule has 0 saturated heterocycles. The molecule has 0 spiro atoms. The van der Waals surface area contributed by atoms with E-state index < -0.39 is 0 Å². The average molecular weight is 412 g/mol. The molecule has 0 bridgehead atoms. The highest BCUT2D eigenvalue weighted by atomic mass is 32.2. The van der Waals surface area contributed by atoms with Gasteiger partial charge in [0.25, 0.3) is 11.8 Å². The summed E-state index contributed by atoms with van der Waals surface area (Å²) in [4.78, 5) is 30.0. The summed E-state index contributed by atoms with van der Waals surface area (Å²) in [6.07, 6.45) is 0. The van der Waals surface area contributed by atoms with Crippen molar-refractivity contribution < 1.29 is 9.59 Å². The van der Waals surface area contributed by atoms with Crippen LogP contribution in [-0.2, 0) is 5.75 Å². The molecular weight excluding hydrogens is 390 g/mol. The van der Waals surface area contributed by atoms with Crippen molar-refractivity contribution in [1.82, 2.24) is 10.3 Å². The second-order valence-electron chi connectivity index (χ2n) is 6.07. The van der Waals surface area contributed by atoms with Gasteiger partial charge in [0.1, 0.15) is 0 Å². The summed E-state index contributed by atoms with van der Waals surface area (Å²) in [5.41, 5.74) is 2.74. The largest absolute Gasteiger partial charge is 0.352 e. The molecule has 0 atom stereocenters. The van der Waals surface area contributed by atoms with Crippen LogP contribution >= 0.6 is 23.1 Å². The van der Waals surface area contributed by atoms with Gasteiger partial charge in [-0.2, -0.15) is 0 Å². The Kier molecular flexibility index (Phi) is 6.84. The Balaban J connectivity index is 1.60. The molecule has 1 aromatic heterocycles. The monoisotopic (exact) mass is 411 g/mol. The number of aryl methyl sites for hydroxylation is 1. The van der Waals surface area contributed by atoms with E-state index in [2.05, 4.69) is 21.0 Å². The molecule has 0 fully saturated rings. The number of thioether (sulfide) groups is 1. The van der Waals surface area contributed by atoms with Crippen LogP contribution in [0.2, 0.25) is 0 Å². The first-order chi connectivity index (χ1) is 13.5. The van der Waals surface area contributed by atoms with Gasteiger partial charge in [-0.25, -0.2) is 4.98 Å². The van der Waals surface area contributed by atoms with E-state index in [4.69, 9.17) is 0 Å². The van der Waals surface area contributed by atoms with Gasteiger partial charge in [0.15, 0.2) is 0 Å². The van der Waals surface area contributed by atoms with Crippen molar-refractivity contribution in [2.75, 3.05) is 11.9 Å². The van der Waals surface area contributed by atoms with Crippen LogP contribution < -0.4 is 10.6 Å². The number of nitrogens with one attached hydrogen (secondary N) is 2. The summed E-state index contributed by atoms with van der Waals surface area (Å²) in [7, 11) is 0. The molecule has 2 aromatic carbocycles. The normalized spacial score (nSPS) is 10.5. The van der Waals surface area contributed by atoms with Crippen LogP contribution in [0.15, 0.2) is 58.8 Å². The van der Waals surface area contributed by atoms with Gasteiger partial charge in [-0.1, -0.05) is 6.07 Å². The summed E-state index contributed by atoms with van der Waals surface area (Å²) >= 11 is 3.34. The third-order valence-corrected chi connectivity index (χ3v) is 5.76. The lowest BCUT2D eigenvalue weighted by Crippen LogP contribution is -2.22. The zero-order chi connectivity index (χ0) is 19.9. The molecule has 144 valence electrons. The quantitative estimate of drug-likeness (QED) is 0.551. The van der Waals surface area contributed by atoms with E-state index in [9.17, 15) is 9.59 Å². The molecule has 3 rings (SSSR count). The molecule has 2 amide bonds. The van der Waals surface area contributed by atoms with Crippen LogP contribution in [0.4, 0.5) is 5.69 Å². The highest BCUT2D eigenvalue weighted by Gasteiger charge is 2.09. The van der Waals surface area contributed by atoms with Crippen LogP contribution in [0.5, 0.6) is 0 Å². The number of hydrogen-bond acceptors (Lipinski definition) is 5. The van der Waals surface area contributed by atoms with Crippen LogP contribution in [-0.4, -0.2) is 23.3 Å². The van der Waals surface area contributed by atoms with Crippen molar-refractivity contribution in [3.8, 4) is 0 Å². The summed E-state index contributed by atoms with van der Waals surface area (Å²) in [5.74, 6) is 0.442. The van der Waals surface area contributed by atoms with E-state index in [1.54, 1.807) is 59.5 Å². The second-order valence-corrected chi connectivity index (χ2v) is 8.18. The Labute approximate surface area is 172 Å². The molecule has 7 heteroatoms. The van der Waals surface area contributed by atoms with Crippen molar-refractivity contribution in [1.29, 1.82) is 0 Å². The topological polar surface area (TPSA) is 71.1 Å². The Morgan fingerprint density at radius 1 is 1.07 bits per heavy atom. The predicted molar refractivity (Wildman–Crippen MR) is 115 cm³/mol. The summed E-state index contributed by atoms with van der Waals surface area (Å²) in [6.45, 7) is 4.42. The highest BCUT2D eigenvalue weighted by molar-refractivity contribution is 7.98. The molecule has 0 saturated carbocycles. The SMILES string of the molecule is CCNC(=O)c1cccc(NC(=O)c2ccc(SCc3csc(C)n3)cc2)c1. The van der Waals surface area contributed by atoms with Crippen molar-refractivity contribution in [2.45, 2.75) is 24.5 Å². The minimum absolute atomic E-state index is 0.157. The number of carbonyl (C=O) groups excluding carboxylic acids is 2. The first-order valence-corrected chi connectivity index (χ1v) is 10.7. The molecule has 5 nitrogen and oxygen atoms in total. The number of nitrogens with zero attached hydrogens (tertiary/aromatic N) is 1. The fourth-order valence-corrected chi connectivity index (χ4v) is 4.05. The van der Waals surface area contributed by atoms with Crippen molar-refractivity contribution >= 4 is 40.6 Å². The number of anilines is 1. The number of amides is 2. The lowest BCUT2D eigenvalue weighted by Gasteiger charge is -2.08. The Morgan fingerprint density at radius 2 is 1.86 bits per heavy atom. The lowest BCUT2D eigenvalue weighted by molar-refractivity contribution is 0.0954. The molecule has 28 heavy (non-hydrogen) atoms. The molecule has 2 N–H and O–H groups in total. The van der Waals surface area contributed by atoms with E-state index >= 15 is 0 Å². The smallest absolute Gasteiger partial charge is 0.255 e. The van der Waals surface area contributed by atoms with Crippen LogP contribution in [0.3, 0.4) is 0 Å². The summed E-state index contributed by atoms with van der Waals surface area (Å²) in [5, 5.41) is 8.73. The van der Waals surface area contributed by atoms with Gasteiger partial charge in [0.2, 0.25) is 0 Å². The van der Waals surface area contributed by atoms with Crippen molar-refractivity contribution in [3.05, 3.63) is 75.7 Å². The molecular formula is C21H21N3O2S2. The van der Waals surface area contributed by atoms with E-state index in [1.807, 2.05) is 26.0 Å². The van der Waals surface area contributed by atoms with Gasteiger partial charge in [0, 0.05) is 39.4 Å². The molecule has 0 aliphatic carbocycles. The zero-order valence-corrected chi connectivity index (χ0v) is 17.3. The molecule has 1 heterocycles. The number of hydrogen-bond donors (Lipinski definition) is 2. The molecule has 3 aromatic rings. The minimum atomic E-state index is -0.209. The van der Waals surface area contributed by atoms with Gasteiger partial charge in [-0.05, 0) is 56.3 Å². The summed E-state index contributed by atoms with van der Waals surface area (Å²) in [6, 6.07) is 14.4. The summed E-state index contributed by atoms with van der Waals surface area (Å²) < 4.78 is 0. The fraction of sp³-hybridized carbons (Fsp3) is 0.190. The van der Waals surface area contributed by atoms with Crippen LogP contribution in [0.25, 0.3) is 0 Å². The number of benzene rings is 2. The van der Waals surface area contributed by atoms with Gasteiger partial charge >= 0.3 is 0 Å². The third kappa shape index (κ3) is 5.43. The molecule has 0 radical (unpaired) electrons. The predicted octanol–water partition coefficient (Wildman–Crippen LogP) is 4.75. The molecule has 0 aliphatic heterocycles. The maximum atomic E-state index is 12.5. The van der Waals surface area contributed by atoms with Gasteiger partial charge in [-0.15, -0.1) is 23.1 Å². The second kappa shape index (κ2) is 9.52. The maximum Gasteiger partial charge on any atom is 0.255 e. The Morgan fingerprint density at radius 3 is 2.54 bits per heavy atom. The first-order valence-electron chi connectivity index (χ1n) is 8.88. The number of carbonyl (C=O) groups is 2. The molecule has 0 aliphatic rings. The lowest BCUT2D eigenvalue weighted by atomic mass is 10.1. The standard InChI is InChI=1S/C21H21N3O2S2/c1-3-22-20(25)16-5-4-6-17(11-16)24-21(26)15-7-9-19(10-8-15)28-13-18-12-27-14(2)23-18/h4-12H,3,13H2,1-2H3,(H,22,25)(H,24,26). The van der Waals surface area contributed by atoms with Crippen LogP contribution in [0.1, 0.15) is 38.3 Å². The van der Waals surface area contributed by atoms with E-state index in [-0.39, 0.29) is 11.8 Å². The maximum absolute atomic E-state index is 12.5. The molecule has 0 unspecified atom stereocenters. The van der Waals surface area contributed by atoms with E-state index in [0.717, 1.165) is 21.3 Å². The first kappa shape index (κ1) is 20.1. The highest BCUT2D eigenvalue weighted by Crippen LogP contribution is 2.24.